The molecule has 9 nitrogen and oxygen atoms in total. The number of H-pyrrole nitrogens is 1. The molecule has 2 aromatic heterocycles. The average Bonchev–Trinajstić information content (AvgIpc) is 3.31. The number of amides is 2. The summed E-state index contributed by atoms with van der Waals surface area (Å²) in [4.78, 5) is 30.1. The van der Waals surface area contributed by atoms with Crippen LogP contribution in [0.15, 0.2) is 28.0 Å². The van der Waals surface area contributed by atoms with Crippen LogP contribution in [-0.2, 0) is 9.59 Å². The summed E-state index contributed by atoms with van der Waals surface area (Å²) in [6.07, 6.45) is 2.02. The fourth-order valence-corrected chi connectivity index (χ4v) is 3.29. The molecular formula is C14H18N6O3S. The van der Waals surface area contributed by atoms with Crippen LogP contribution in [0.3, 0.4) is 0 Å². The van der Waals surface area contributed by atoms with E-state index in [1.807, 2.05) is 0 Å². The zero-order chi connectivity index (χ0) is 17.1. The van der Waals surface area contributed by atoms with Gasteiger partial charge in [0.05, 0.1) is 12.0 Å². The summed E-state index contributed by atoms with van der Waals surface area (Å²) >= 11 is 1.20. The van der Waals surface area contributed by atoms with Gasteiger partial charge in [-0.25, -0.2) is 0 Å². The summed E-state index contributed by atoms with van der Waals surface area (Å²) < 4.78 is 5.23. The first kappa shape index (κ1) is 16.5. The molecule has 3 rings (SSSR count). The van der Waals surface area contributed by atoms with Gasteiger partial charge in [-0.1, -0.05) is 11.8 Å². The molecular weight excluding hydrogens is 332 g/mol. The topological polar surface area (TPSA) is 130 Å². The van der Waals surface area contributed by atoms with Crippen LogP contribution in [0, 0.1) is 0 Å². The first-order valence-electron chi connectivity index (χ1n) is 7.44. The van der Waals surface area contributed by atoms with E-state index < -0.39 is 6.04 Å². The van der Waals surface area contributed by atoms with Crippen LogP contribution in [0.25, 0.3) is 11.6 Å². The Morgan fingerprint density at radius 3 is 3.12 bits per heavy atom. The number of likely N-dealkylation sites (N-methyl/N-ethyl adjacent to an activating group) is 1. The molecule has 3 heterocycles. The van der Waals surface area contributed by atoms with Gasteiger partial charge < -0.3 is 20.4 Å². The van der Waals surface area contributed by atoms with Crippen LogP contribution in [-0.4, -0.2) is 63.3 Å². The van der Waals surface area contributed by atoms with Crippen molar-refractivity contribution in [2.24, 2.45) is 5.73 Å². The number of likely N-dealkylation sites (tertiary alicyclic amines) is 1. The average molecular weight is 350 g/mol. The lowest BCUT2D eigenvalue weighted by atomic mass is 10.1. The molecule has 24 heavy (non-hydrogen) atoms. The maximum Gasteiger partial charge on any atom is 0.242 e. The lowest BCUT2D eigenvalue weighted by molar-refractivity contribution is -0.136. The van der Waals surface area contributed by atoms with Crippen molar-refractivity contribution in [3.63, 3.8) is 0 Å². The van der Waals surface area contributed by atoms with Gasteiger partial charge in [0.25, 0.3) is 0 Å². The number of carbonyl (C=O) groups is 2. The monoisotopic (exact) mass is 350 g/mol. The number of hydrogen-bond acceptors (Lipinski definition) is 7. The Hall–Kier alpha value is -2.33. The summed E-state index contributed by atoms with van der Waals surface area (Å²) in [7, 11) is 1.55. The number of nitrogens with zero attached hydrogens (tertiary/aromatic N) is 3. The van der Waals surface area contributed by atoms with Crippen LogP contribution in [0.2, 0.25) is 0 Å². The van der Waals surface area contributed by atoms with Gasteiger partial charge >= 0.3 is 0 Å². The van der Waals surface area contributed by atoms with E-state index in [1.165, 1.54) is 16.7 Å². The molecule has 0 bridgehead atoms. The van der Waals surface area contributed by atoms with Crippen LogP contribution in [0.4, 0.5) is 0 Å². The highest BCUT2D eigenvalue weighted by atomic mass is 32.2. The lowest BCUT2D eigenvalue weighted by Crippen LogP contribution is -2.45. The molecule has 1 fully saturated rings. The van der Waals surface area contributed by atoms with E-state index in [9.17, 15) is 9.59 Å². The zero-order valence-corrected chi connectivity index (χ0v) is 13.9. The smallest absolute Gasteiger partial charge is 0.242 e. The largest absolute Gasteiger partial charge is 0.461 e. The molecule has 0 unspecified atom stereocenters. The summed E-state index contributed by atoms with van der Waals surface area (Å²) in [5.41, 5.74) is 5.89. The predicted octanol–water partition coefficient (Wildman–Crippen LogP) is -0.169. The Kier molecular flexibility index (Phi) is 4.86. The fraction of sp³-hybridized carbons (Fsp3) is 0.429. The molecule has 2 aromatic rings. The summed E-state index contributed by atoms with van der Waals surface area (Å²) in [6.45, 7) is 0.378. The van der Waals surface area contributed by atoms with Gasteiger partial charge in [-0.15, -0.1) is 5.10 Å². The van der Waals surface area contributed by atoms with Crippen LogP contribution in [0.5, 0.6) is 0 Å². The number of carbonyl (C=O) groups excluding carboxylic acids is 2. The predicted molar refractivity (Wildman–Crippen MR) is 87.0 cm³/mol. The third-order valence-electron chi connectivity index (χ3n) is 3.75. The zero-order valence-electron chi connectivity index (χ0n) is 13.1. The third kappa shape index (κ3) is 3.44. The van der Waals surface area contributed by atoms with Gasteiger partial charge in [0.1, 0.15) is 6.04 Å². The van der Waals surface area contributed by atoms with Crippen molar-refractivity contribution in [3.8, 4) is 11.6 Å². The van der Waals surface area contributed by atoms with E-state index in [-0.39, 0.29) is 23.6 Å². The van der Waals surface area contributed by atoms with Gasteiger partial charge in [0.15, 0.2) is 11.6 Å². The highest BCUT2D eigenvalue weighted by Gasteiger charge is 2.37. The molecule has 128 valence electrons. The molecule has 0 saturated carbocycles. The van der Waals surface area contributed by atoms with Gasteiger partial charge in [-0.3, -0.25) is 14.7 Å². The van der Waals surface area contributed by atoms with Gasteiger partial charge in [0.2, 0.25) is 17.0 Å². The molecule has 0 radical (unpaired) electrons. The van der Waals surface area contributed by atoms with Crippen LogP contribution >= 0.6 is 11.8 Å². The summed E-state index contributed by atoms with van der Waals surface area (Å²) in [6, 6.07) is 2.82. The Labute approximate surface area is 142 Å². The van der Waals surface area contributed by atoms with Crippen molar-refractivity contribution < 1.29 is 14.0 Å². The van der Waals surface area contributed by atoms with E-state index in [1.54, 1.807) is 25.4 Å². The third-order valence-corrected chi connectivity index (χ3v) is 4.58. The highest BCUT2D eigenvalue weighted by Crippen LogP contribution is 2.22. The molecule has 0 aromatic carbocycles. The fourth-order valence-electron chi connectivity index (χ4n) is 2.60. The van der Waals surface area contributed by atoms with E-state index in [0.29, 0.717) is 29.7 Å². The number of hydrogen-bond donors (Lipinski definition) is 3. The van der Waals surface area contributed by atoms with E-state index >= 15 is 0 Å². The first-order valence-corrected chi connectivity index (χ1v) is 8.42. The number of nitrogens with one attached hydrogen (secondary N) is 2. The quantitative estimate of drug-likeness (QED) is 0.638. The molecule has 10 heteroatoms. The normalized spacial score (nSPS) is 20.3. The Morgan fingerprint density at radius 1 is 1.58 bits per heavy atom. The van der Waals surface area contributed by atoms with Gasteiger partial charge in [-0.05, 0) is 18.6 Å². The van der Waals surface area contributed by atoms with Crippen molar-refractivity contribution in [1.29, 1.82) is 0 Å². The molecule has 1 saturated heterocycles. The molecule has 0 aliphatic carbocycles. The molecule has 0 spiro atoms. The Bertz CT molecular complexity index is 716. The number of furan rings is 1. The second-order valence-electron chi connectivity index (χ2n) is 5.40. The number of rotatable bonds is 5. The maximum absolute atomic E-state index is 12.4. The van der Waals surface area contributed by atoms with Crippen molar-refractivity contribution in [1.82, 2.24) is 25.4 Å². The van der Waals surface area contributed by atoms with Crippen molar-refractivity contribution >= 4 is 23.6 Å². The maximum atomic E-state index is 12.4. The number of thioether (sulfide) groups is 1. The number of aromatic nitrogens is 3. The van der Waals surface area contributed by atoms with Crippen LogP contribution < -0.4 is 11.1 Å². The molecule has 1 aliphatic heterocycles. The molecule has 4 N–H and O–H groups in total. The first-order chi connectivity index (χ1) is 11.6. The van der Waals surface area contributed by atoms with Gasteiger partial charge in [0, 0.05) is 19.6 Å². The molecule has 2 atom stereocenters. The second-order valence-corrected chi connectivity index (χ2v) is 6.35. The second kappa shape index (κ2) is 7.05. The minimum Gasteiger partial charge on any atom is -0.461 e. The number of nitrogens with two attached hydrogens (primary N) is 1. The van der Waals surface area contributed by atoms with Crippen LogP contribution in [0.1, 0.15) is 6.42 Å². The summed E-state index contributed by atoms with van der Waals surface area (Å²) in [5, 5.41) is 9.82. The van der Waals surface area contributed by atoms with E-state index in [4.69, 9.17) is 10.2 Å². The molecule has 1 aliphatic rings. The van der Waals surface area contributed by atoms with E-state index in [0.717, 1.165) is 0 Å². The highest BCUT2D eigenvalue weighted by molar-refractivity contribution is 7.99. The van der Waals surface area contributed by atoms with E-state index in [2.05, 4.69) is 20.5 Å². The standard InChI is InChI=1S/C14H18N6O3S/c1-16-13(22)9-5-8(15)6-20(9)11(21)7-24-14-17-12(18-19-14)10-3-2-4-23-10/h2-4,8-9H,5-7,15H2,1H3,(H,16,22)(H,17,18,19)/t8-,9-/m0/s1. The number of aromatic amines is 1. The summed E-state index contributed by atoms with van der Waals surface area (Å²) in [5.74, 6) is 0.854. The van der Waals surface area contributed by atoms with Crippen molar-refractivity contribution in [2.75, 3.05) is 19.3 Å². The van der Waals surface area contributed by atoms with Crippen molar-refractivity contribution in [3.05, 3.63) is 18.4 Å². The Morgan fingerprint density at radius 2 is 2.42 bits per heavy atom. The van der Waals surface area contributed by atoms with Gasteiger partial charge in [-0.2, -0.15) is 4.98 Å². The lowest BCUT2D eigenvalue weighted by Gasteiger charge is -2.22. The minimum absolute atomic E-state index is 0.135. The molecule has 2 amide bonds. The SMILES string of the molecule is CNC(=O)[C@@H]1C[C@H](N)CN1C(=O)CSc1n[nH]c(-c2ccco2)n1. The Balaban J connectivity index is 1.60. The minimum atomic E-state index is -0.510. The van der Waals surface area contributed by atoms with Crippen molar-refractivity contribution in [2.45, 2.75) is 23.7 Å².